The average molecular weight is 208 g/mol. The Balaban J connectivity index is 2.31. The first-order chi connectivity index (χ1) is 7.09. The third kappa shape index (κ3) is 3.47. The molecule has 1 aliphatic carbocycles. The molecule has 0 saturated heterocycles. The second-order valence-electron chi connectivity index (χ2n) is 4.53. The van der Waals surface area contributed by atoms with Gasteiger partial charge in [-0.1, -0.05) is 6.92 Å². The molecule has 15 heavy (non-hydrogen) atoms. The normalized spacial score (nSPS) is 19.5. The van der Waals surface area contributed by atoms with E-state index in [9.17, 15) is 4.79 Å². The summed E-state index contributed by atoms with van der Waals surface area (Å²) >= 11 is 0. The van der Waals surface area contributed by atoms with Gasteiger partial charge in [0.2, 0.25) is 0 Å². The lowest BCUT2D eigenvalue weighted by Crippen LogP contribution is -2.55. The molecule has 3 nitrogen and oxygen atoms in total. The van der Waals surface area contributed by atoms with Crippen LogP contribution in [0.3, 0.4) is 0 Å². The smallest absolute Gasteiger partial charge is 0.315 e. The Hall–Kier alpha value is -1.17. The van der Waals surface area contributed by atoms with Crippen molar-refractivity contribution in [1.29, 1.82) is 0 Å². The van der Waals surface area contributed by atoms with Gasteiger partial charge in [-0.25, -0.2) is 4.79 Å². The van der Waals surface area contributed by atoms with Crippen LogP contribution in [0.2, 0.25) is 0 Å². The number of rotatable bonds is 4. The van der Waals surface area contributed by atoms with Crippen LogP contribution in [0.5, 0.6) is 0 Å². The second-order valence-corrected chi connectivity index (χ2v) is 4.53. The van der Waals surface area contributed by atoms with Gasteiger partial charge < -0.3 is 10.6 Å². The van der Waals surface area contributed by atoms with Crippen molar-refractivity contribution in [1.82, 2.24) is 10.6 Å². The molecule has 1 saturated carbocycles. The van der Waals surface area contributed by atoms with Crippen LogP contribution in [-0.2, 0) is 0 Å². The molecule has 0 aromatic rings. The van der Waals surface area contributed by atoms with Crippen LogP contribution < -0.4 is 10.6 Å². The molecule has 1 fully saturated rings. The molecule has 0 spiro atoms. The summed E-state index contributed by atoms with van der Waals surface area (Å²) in [4.78, 5) is 11.6. The van der Waals surface area contributed by atoms with Crippen LogP contribution in [0.4, 0.5) is 4.79 Å². The molecule has 1 aliphatic rings. The van der Waals surface area contributed by atoms with Gasteiger partial charge in [-0.05, 0) is 32.6 Å². The Morgan fingerprint density at radius 3 is 2.67 bits per heavy atom. The first kappa shape index (κ1) is 11.9. The van der Waals surface area contributed by atoms with Crippen molar-refractivity contribution < 1.29 is 4.79 Å². The van der Waals surface area contributed by atoms with E-state index in [-0.39, 0.29) is 17.6 Å². The number of hydrogen-bond donors (Lipinski definition) is 2. The van der Waals surface area contributed by atoms with E-state index in [1.54, 1.807) is 0 Å². The standard InChI is InChI=1S/C12H20N2O/c1-4-7-10(5-2)13-11(15)14-12(3)8-6-9-12/h1,10H,5-9H2,2-3H3,(H2,13,14,15)/t10-/m1/s1. The van der Waals surface area contributed by atoms with Crippen molar-refractivity contribution in [2.24, 2.45) is 0 Å². The maximum atomic E-state index is 11.6. The fourth-order valence-corrected chi connectivity index (χ4v) is 1.77. The minimum Gasteiger partial charge on any atom is -0.334 e. The number of carbonyl (C=O) groups excluding carboxylic acids is 1. The highest BCUT2D eigenvalue weighted by molar-refractivity contribution is 5.75. The lowest BCUT2D eigenvalue weighted by molar-refractivity contribution is 0.188. The molecule has 2 amide bonds. The van der Waals surface area contributed by atoms with Crippen LogP contribution in [0.15, 0.2) is 0 Å². The van der Waals surface area contributed by atoms with E-state index in [1.807, 2.05) is 6.92 Å². The molecule has 0 bridgehead atoms. The lowest BCUT2D eigenvalue weighted by atomic mass is 9.79. The molecule has 1 atom stereocenters. The van der Waals surface area contributed by atoms with E-state index < -0.39 is 0 Å². The first-order valence-electron chi connectivity index (χ1n) is 5.62. The van der Waals surface area contributed by atoms with Gasteiger partial charge in [0.05, 0.1) is 0 Å². The van der Waals surface area contributed by atoms with E-state index in [0.29, 0.717) is 6.42 Å². The fraction of sp³-hybridized carbons (Fsp3) is 0.750. The third-order valence-corrected chi connectivity index (χ3v) is 3.06. The molecule has 2 N–H and O–H groups in total. The van der Waals surface area contributed by atoms with Gasteiger partial charge >= 0.3 is 6.03 Å². The van der Waals surface area contributed by atoms with Crippen molar-refractivity contribution in [2.45, 2.75) is 57.5 Å². The van der Waals surface area contributed by atoms with Gasteiger partial charge in [0.1, 0.15) is 0 Å². The van der Waals surface area contributed by atoms with Crippen molar-refractivity contribution in [3.63, 3.8) is 0 Å². The predicted octanol–water partition coefficient (Wildman–Crippen LogP) is 2.03. The van der Waals surface area contributed by atoms with Gasteiger partial charge in [-0.15, -0.1) is 12.3 Å². The molecule has 0 aromatic carbocycles. The first-order valence-corrected chi connectivity index (χ1v) is 5.62. The van der Waals surface area contributed by atoms with Crippen molar-refractivity contribution in [3.8, 4) is 12.3 Å². The minimum absolute atomic E-state index is 0.0124. The van der Waals surface area contributed by atoms with Crippen molar-refractivity contribution >= 4 is 6.03 Å². The van der Waals surface area contributed by atoms with E-state index in [1.165, 1.54) is 6.42 Å². The van der Waals surface area contributed by atoms with Gasteiger partial charge in [0.25, 0.3) is 0 Å². The van der Waals surface area contributed by atoms with Gasteiger partial charge in [0, 0.05) is 18.0 Å². The topological polar surface area (TPSA) is 41.1 Å². The maximum Gasteiger partial charge on any atom is 0.315 e. The summed E-state index contributed by atoms with van der Waals surface area (Å²) in [5.41, 5.74) is 0.0124. The molecule has 0 radical (unpaired) electrons. The van der Waals surface area contributed by atoms with E-state index in [2.05, 4.69) is 23.5 Å². The molecule has 1 rings (SSSR count). The van der Waals surface area contributed by atoms with Gasteiger partial charge in [0.15, 0.2) is 0 Å². The Labute approximate surface area is 92.0 Å². The molecular formula is C12H20N2O. The summed E-state index contributed by atoms with van der Waals surface area (Å²) in [5.74, 6) is 2.57. The SMILES string of the molecule is C#CC[C@@H](CC)NC(=O)NC1(C)CCC1. The van der Waals surface area contributed by atoms with Crippen LogP contribution in [-0.4, -0.2) is 17.6 Å². The zero-order valence-electron chi connectivity index (χ0n) is 9.60. The summed E-state index contributed by atoms with van der Waals surface area (Å²) in [6.07, 6.45) is 10.0. The number of nitrogens with one attached hydrogen (secondary N) is 2. The highest BCUT2D eigenvalue weighted by atomic mass is 16.2. The Bertz CT molecular complexity index is 263. The number of terminal acetylenes is 1. The quantitative estimate of drug-likeness (QED) is 0.682. The largest absolute Gasteiger partial charge is 0.334 e. The summed E-state index contributed by atoms with van der Waals surface area (Å²) in [5, 5.41) is 5.90. The van der Waals surface area contributed by atoms with E-state index in [4.69, 9.17) is 6.42 Å². The second kappa shape index (κ2) is 5.06. The highest BCUT2D eigenvalue weighted by Crippen LogP contribution is 2.30. The molecule has 0 aliphatic heterocycles. The zero-order valence-corrected chi connectivity index (χ0v) is 9.60. The number of urea groups is 1. The van der Waals surface area contributed by atoms with E-state index in [0.717, 1.165) is 19.3 Å². The maximum absolute atomic E-state index is 11.6. The van der Waals surface area contributed by atoms with E-state index >= 15 is 0 Å². The number of hydrogen-bond acceptors (Lipinski definition) is 1. The van der Waals surface area contributed by atoms with Crippen LogP contribution in [0, 0.1) is 12.3 Å². The van der Waals surface area contributed by atoms with Crippen LogP contribution in [0.1, 0.15) is 46.0 Å². The monoisotopic (exact) mass is 208 g/mol. The summed E-state index contributed by atoms with van der Waals surface area (Å²) < 4.78 is 0. The van der Waals surface area contributed by atoms with Crippen molar-refractivity contribution in [3.05, 3.63) is 0 Å². The Morgan fingerprint density at radius 2 is 2.27 bits per heavy atom. The van der Waals surface area contributed by atoms with Crippen molar-refractivity contribution in [2.75, 3.05) is 0 Å². The summed E-state index contributed by atoms with van der Waals surface area (Å²) in [6, 6.07) is 0.0120. The molecule has 0 unspecified atom stereocenters. The fourth-order valence-electron chi connectivity index (χ4n) is 1.77. The minimum atomic E-state index is -0.0840. The Morgan fingerprint density at radius 1 is 1.60 bits per heavy atom. The summed E-state index contributed by atoms with van der Waals surface area (Å²) in [6.45, 7) is 4.10. The van der Waals surface area contributed by atoms with Crippen LogP contribution >= 0.6 is 0 Å². The van der Waals surface area contributed by atoms with Gasteiger partial charge in [-0.3, -0.25) is 0 Å². The molecule has 3 heteroatoms. The average Bonchev–Trinajstić information content (AvgIpc) is 2.14. The third-order valence-electron chi connectivity index (χ3n) is 3.06. The number of amides is 2. The molecule has 84 valence electrons. The molecular weight excluding hydrogens is 188 g/mol. The lowest BCUT2D eigenvalue weighted by Gasteiger charge is -2.39. The predicted molar refractivity (Wildman–Crippen MR) is 61.5 cm³/mol. The number of carbonyl (C=O) groups is 1. The molecule has 0 heterocycles. The van der Waals surface area contributed by atoms with Gasteiger partial charge in [-0.2, -0.15) is 0 Å². The van der Waals surface area contributed by atoms with Crippen LogP contribution in [0.25, 0.3) is 0 Å². The molecule has 0 aromatic heterocycles. The zero-order chi connectivity index (χ0) is 11.3. The highest BCUT2D eigenvalue weighted by Gasteiger charge is 2.33. The summed E-state index contributed by atoms with van der Waals surface area (Å²) in [7, 11) is 0. The Kier molecular flexibility index (Phi) is 4.02.